The van der Waals surface area contributed by atoms with Crippen molar-refractivity contribution in [2.75, 3.05) is 0 Å². The maximum atomic E-state index is 3.73. The molecule has 2 fully saturated rings. The molecule has 2 aliphatic carbocycles. The summed E-state index contributed by atoms with van der Waals surface area (Å²) in [5, 5.41) is 8.23. The summed E-state index contributed by atoms with van der Waals surface area (Å²) in [6, 6.07) is 32.4. The molecule has 0 heterocycles. The Morgan fingerprint density at radius 3 is 1.10 bits per heavy atom. The molecule has 0 amide bonds. The average molecular weight is 679 g/mol. The van der Waals surface area contributed by atoms with Crippen molar-refractivity contribution in [3.63, 3.8) is 0 Å². The Hall–Kier alpha value is -4.52. The summed E-state index contributed by atoms with van der Waals surface area (Å²) in [6.45, 7) is 13.6. The SMILES string of the molecule is CC(C)(C)c1ccc(C#Cc2cc(C3CCCCC3)c3ccc4c(C#Cc5ccc(C(C)(C)C)cc5)cc(C5CCCCC5)c5ccc2c3c45)cc1. The van der Waals surface area contributed by atoms with Crippen molar-refractivity contribution in [2.24, 2.45) is 0 Å². The van der Waals surface area contributed by atoms with E-state index >= 15 is 0 Å². The summed E-state index contributed by atoms with van der Waals surface area (Å²) >= 11 is 0. The third-order valence-electron chi connectivity index (χ3n) is 12.2. The largest absolute Gasteiger partial charge is 0.0616 e. The summed E-state index contributed by atoms with van der Waals surface area (Å²) in [7, 11) is 0. The number of benzene rings is 6. The van der Waals surface area contributed by atoms with Crippen molar-refractivity contribution in [3.8, 4) is 23.7 Å². The standard InChI is InChI=1S/C52H54/c1-51(2,3)41-25-19-35(20-26-41)17-23-39-33-47(37-13-9-7-10-14-37)45-32-30-44-40(24-18-36-21-27-42(28-22-36)52(4,5)6)34-48(38-15-11-8-12-16-38)46-31-29-43(39)49(45)50(44)46/h19-22,25-34,37-38H,7-16H2,1-6H3. The van der Waals surface area contributed by atoms with E-state index in [4.69, 9.17) is 0 Å². The van der Waals surface area contributed by atoms with E-state index in [1.54, 1.807) is 0 Å². The second-order valence-electron chi connectivity index (χ2n) is 17.9. The van der Waals surface area contributed by atoms with Gasteiger partial charge in [-0.1, -0.05) is 152 Å². The summed E-state index contributed by atoms with van der Waals surface area (Å²) in [6.07, 6.45) is 13.0. The molecule has 0 radical (unpaired) electrons. The molecule has 0 unspecified atom stereocenters. The molecule has 2 saturated carbocycles. The first-order chi connectivity index (χ1) is 25.0. The van der Waals surface area contributed by atoms with Gasteiger partial charge < -0.3 is 0 Å². The maximum absolute atomic E-state index is 3.73. The van der Waals surface area contributed by atoms with Gasteiger partial charge in [0, 0.05) is 22.3 Å². The van der Waals surface area contributed by atoms with Gasteiger partial charge in [0.15, 0.2) is 0 Å². The molecule has 8 rings (SSSR count). The Morgan fingerprint density at radius 1 is 0.404 bits per heavy atom. The van der Waals surface area contributed by atoms with Crippen LogP contribution in [0.4, 0.5) is 0 Å². The average Bonchev–Trinajstić information content (AvgIpc) is 3.15. The topological polar surface area (TPSA) is 0 Å². The number of hydrogen-bond donors (Lipinski definition) is 0. The Morgan fingerprint density at radius 2 is 0.750 bits per heavy atom. The normalized spacial score (nSPS) is 16.2. The molecule has 262 valence electrons. The van der Waals surface area contributed by atoms with E-state index in [0.29, 0.717) is 11.8 Å². The van der Waals surface area contributed by atoms with Gasteiger partial charge in [0.25, 0.3) is 0 Å². The van der Waals surface area contributed by atoms with Crippen molar-refractivity contribution in [3.05, 3.63) is 129 Å². The monoisotopic (exact) mass is 678 g/mol. The molecule has 0 aromatic heterocycles. The van der Waals surface area contributed by atoms with Crippen LogP contribution in [0.5, 0.6) is 0 Å². The van der Waals surface area contributed by atoms with Crippen LogP contribution >= 0.6 is 0 Å². The maximum Gasteiger partial charge on any atom is 0.0331 e. The molecule has 52 heavy (non-hydrogen) atoms. The quantitative estimate of drug-likeness (QED) is 0.126. The van der Waals surface area contributed by atoms with Crippen LogP contribution < -0.4 is 0 Å². The van der Waals surface area contributed by atoms with Gasteiger partial charge in [0.1, 0.15) is 0 Å². The van der Waals surface area contributed by atoms with Crippen LogP contribution in [0.2, 0.25) is 0 Å². The highest BCUT2D eigenvalue weighted by molar-refractivity contribution is 6.26. The molecule has 0 nitrogen and oxygen atoms in total. The predicted octanol–water partition coefficient (Wildman–Crippen LogP) is 14.1. The minimum absolute atomic E-state index is 0.128. The number of rotatable bonds is 2. The van der Waals surface area contributed by atoms with E-state index in [1.165, 1.54) is 119 Å². The molecule has 0 atom stereocenters. The minimum Gasteiger partial charge on any atom is -0.0616 e. The van der Waals surface area contributed by atoms with Crippen LogP contribution in [0.25, 0.3) is 32.3 Å². The van der Waals surface area contributed by atoms with Crippen LogP contribution in [-0.2, 0) is 10.8 Å². The molecular weight excluding hydrogens is 625 g/mol. The molecule has 0 saturated heterocycles. The Balaban J connectivity index is 1.35. The lowest BCUT2D eigenvalue weighted by molar-refractivity contribution is 0.445. The first-order valence-electron chi connectivity index (χ1n) is 20.1. The zero-order valence-electron chi connectivity index (χ0n) is 32.3. The van der Waals surface area contributed by atoms with E-state index in [9.17, 15) is 0 Å². The van der Waals surface area contributed by atoms with Crippen LogP contribution in [-0.4, -0.2) is 0 Å². The van der Waals surface area contributed by atoms with Gasteiger partial charge in [-0.25, -0.2) is 0 Å². The van der Waals surface area contributed by atoms with Gasteiger partial charge in [0.05, 0.1) is 0 Å². The van der Waals surface area contributed by atoms with Crippen molar-refractivity contribution < 1.29 is 0 Å². The zero-order chi connectivity index (χ0) is 36.0. The molecule has 2 aliphatic rings. The first kappa shape index (κ1) is 34.6. The lowest BCUT2D eigenvalue weighted by Crippen LogP contribution is -2.10. The lowest BCUT2D eigenvalue weighted by atomic mass is 9.77. The Kier molecular flexibility index (Phi) is 9.17. The molecule has 0 heteroatoms. The van der Waals surface area contributed by atoms with Crippen LogP contribution in [0.15, 0.2) is 84.9 Å². The summed E-state index contributed by atoms with van der Waals surface area (Å²) < 4.78 is 0. The van der Waals surface area contributed by atoms with Gasteiger partial charge in [-0.3, -0.25) is 0 Å². The summed E-state index contributed by atoms with van der Waals surface area (Å²) in [5.41, 5.74) is 10.4. The van der Waals surface area contributed by atoms with Crippen LogP contribution in [0.1, 0.15) is 162 Å². The van der Waals surface area contributed by atoms with E-state index in [0.717, 1.165) is 22.3 Å². The molecule has 0 bridgehead atoms. The van der Waals surface area contributed by atoms with Crippen LogP contribution in [0, 0.1) is 23.7 Å². The van der Waals surface area contributed by atoms with Gasteiger partial charge in [-0.15, -0.1) is 0 Å². The third kappa shape index (κ3) is 6.75. The zero-order valence-corrected chi connectivity index (χ0v) is 32.3. The van der Waals surface area contributed by atoms with Crippen molar-refractivity contribution in [1.29, 1.82) is 0 Å². The second kappa shape index (κ2) is 13.8. The van der Waals surface area contributed by atoms with E-state index in [1.807, 2.05) is 0 Å². The molecule has 0 aliphatic heterocycles. The van der Waals surface area contributed by atoms with E-state index < -0.39 is 0 Å². The fraction of sp³-hybridized carbons (Fsp3) is 0.385. The van der Waals surface area contributed by atoms with Gasteiger partial charge in [-0.05, 0) is 139 Å². The third-order valence-corrected chi connectivity index (χ3v) is 12.2. The molecule has 0 spiro atoms. The first-order valence-corrected chi connectivity index (χ1v) is 20.1. The van der Waals surface area contributed by atoms with E-state index in [-0.39, 0.29) is 10.8 Å². The summed E-state index contributed by atoms with van der Waals surface area (Å²) in [5.74, 6) is 15.8. The van der Waals surface area contributed by atoms with Gasteiger partial charge >= 0.3 is 0 Å². The minimum atomic E-state index is 0.128. The summed E-state index contributed by atoms with van der Waals surface area (Å²) in [4.78, 5) is 0. The Labute approximate surface area is 312 Å². The van der Waals surface area contributed by atoms with Crippen molar-refractivity contribution in [1.82, 2.24) is 0 Å². The smallest absolute Gasteiger partial charge is 0.0331 e. The highest BCUT2D eigenvalue weighted by atomic mass is 14.3. The molecular formula is C52H54. The van der Waals surface area contributed by atoms with Gasteiger partial charge in [0.2, 0.25) is 0 Å². The fourth-order valence-electron chi connectivity index (χ4n) is 9.14. The Bertz CT molecular complexity index is 2180. The highest BCUT2D eigenvalue weighted by Gasteiger charge is 2.25. The fourth-order valence-corrected chi connectivity index (χ4v) is 9.14. The predicted molar refractivity (Wildman–Crippen MR) is 224 cm³/mol. The van der Waals surface area contributed by atoms with Crippen LogP contribution in [0.3, 0.4) is 0 Å². The second-order valence-corrected chi connectivity index (χ2v) is 17.9. The molecule has 0 N–H and O–H groups in total. The lowest BCUT2D eigenvalue weighted by Gasteiger charge is -2.27. The highest BCUT2D eigenvalue weighted by Crippen LogP contribution is 2.46. The van der Waals surface area contributed by atoms with Crippen molar-refractivity contribution >= 4 is 32.3 Å². The molecule has 6 aromatic carbocycles. The molecule has 6 aromatic rings. The van der Waals surface area contributed by atoms with Gasteiger partial charge in [-0.2, -0.15) is 0 Å². The van der Waals surface area contributed by atoms with E-state index in [2.05, 4.69) is 150 Å². The van der Waals surface area contributed by atoms with Crippen molar-refractivity contribution in [2.45, 2.75) is 128 Å². The number of hydrogen-bond acceptors (Lipinski definition) is 0.